The van der Waals surface area contributed by atoms with Gasteiger partial charge in [-0.1, -0.05) is 18.2 Å². The summed E-state index contributed by atoms with van der Waals surface area (Å²) in [5.74, 6) is 0. The normalized spacial score (nSPS) is 17.0. The molecule has 0 spiro atoms. The van der Waals surface area contributed by atoms with E-state index in [4.69, 9.17) is 0 Å². The summed E-state index contributed by atoms with van der Waals surface area (Å²) >= 11 is 0. The van der Waals surface area contributed by atoms with Crippen molar-refractivity contribution in [3.05, 3.63) is 48.3 Å². The average Bonchev–Trinajstić information content (AvgIpc) is 3.00. The predicted octanol–water partition coefficient (Wildman–Crippen LogP) is 2.10. The standard InChI is InChI=1S/C13H12N2O/c16-10-13(6-7-13)11-8-14-15(9-11)12-4-2-1-3-5-12/h1-5,8-10H,6-7H2. The Bertz CT molecular complexity index is 512. The number of para-hydroxylation sites is 1. The molecule has 2 aromatic rings. The SMILES string of the molecule is O=CC1(c2cnn(-c3ccccc3)c2)CC1. The van der Waals surface area contributed by atoms with Crippen molar-refractivity contribution < 1.29 is 4.79 Å². The van der Waals surface area contributed by atoms with Crippen molar-refractivity contribution in [2.75, 3.05) is 0 Å². The molecule has 0 saturated heterocycles. The van der Waals surface area contributed by atoms with E-state index in [0.717, 1.165) is 30.4 Å². The maximum atomic E-state index is 11.0. The Morgan fingerprint density at radius 1 is 1.25 bits per heavy atom. The highest BCUT2D eigenvalue weighted by Crippen LogP contribution is 2.46. The third-order valence-corrected chi connectivity index (χ3v) is 3.19. The topological polar surface area (TPSA) is 34.9 Å². The Labute approximate surface area is 93.7 Å². The van der Waals surface area contributed by atoms with E-state index in [-0.39, 0.29) is 5.41 Å². The second-order valence-corrected chi connectivity index (χ2v) is 4.28. The van der Waals surface area contributed by atoms with E-state index in [1.165, 1.54) is 0 Å². The molecule has 1 saturated carbocycles. The summed E-state index contributed by atoms with van der Waals surface area (Å²) in [6.45, 7) is 0. The molecule has 16 heavy (non-hydrogen) atoms. The molecule has 3 rings (SSSR count). The lowest BCUT2D eigenvalue weighted by molar-refractivity contribution is -0.109. The third kappa shape index (κ3) is 1.36. The van der Waals surface area contributed by atoms with Gasteiger partial charge in [-0.15, -0.1) is 0 Å². The number of carbonyl (C=O) groups excluding carboxylic acids is 1. The van der Waals surface area contributed by atoms with E-state index < -0.39 is 0 Å². The zero-order chi connectivity index (χ0) is 11.0. The second-order valence-electron chi connectivity index (χ2n) is 4.28. The molecule has 0 bridgehead atoms. The van der Waals surface area contributed by atoms with Gasteiger partial charge in [-0.3, -0.25) is 0 Å². The zero-order valence-electron chi connectivity index (χ0n) is 8.84. The van der Waals surface area contributed by atoms with E-state index in [9.17, 15) is 4.79 Å². The summed E-state index contributed by atoms with van der Waals surface area (Å²) in [5, 5.41) is 4.30. The maximum Gasteiger partial charge on any atom is 0.130 e. The van der Waals surface area contributed by atoms with Gasteiger partial charge in [0, 0.05) is 11.8 Å². The molecule has 1 aromatic heterocycles. The minimum absolute atomic E-state index is 0.229. The minimum atomic E-state index is -0.229. The molecular formula is C13H12N2O. The molecule has 1 fully saturated rings. The van der Waals surface area contributed by atoms with Crippen molar-refractivity contribution in [1.82, 2.24) is 9.78 Å². The van der Waals surface area contributed by atoms with Crippen molar-refractivity contribution in [2.24, 2.45) is 0 Å². The summed E-state index contributed by atoms with van der Waals surface area (Å²) in [4.78, 5) is 11.0. The van der Waals surface area contributed by atoms with E-state index >= 15 is 0 Å². The highest BCUT2D eigenvalue weighted by Gasteiger charge is 2.45. The number of hydrogen-bond donors (Lipinski definition) is 0. The largest absolute Gasteiger partial charge is 0.302 e. The molecule has 1 aromatic carbocycles. The predicted molar refractivity (Wildman–Crippen MR) is 60.5 cm³/mol. The average molecular weight is 212 g/mol. The summed E-state index contributed by atoms with van der Waals surface area (Å²) in [6.07, 6.45) is 6.72. The fourth-order valence-corrected chi connectivity index (χ4v) is 1.91. The van der Waals surface area contributed by atoms with E-state index in [1.807, 2.05) is 41.2 Å². The monoisotopic (exact) mass is 212 g/mol. The summed E-state index contributed by atoms with van der Waals surface area (Å²) in [5.41, 5.74) is 1.83. The van der Waals surface area contributed by atoms with Gasteiger partial charge in [-0.05, 0) is 25.0 Å². The van der Waals surface area contributed by atoms with E-state index in [0.29, 0.717) is 0 Å². The lowest BCUT2D eigenvalue weighted by atomic mass is 10.0. The fraction of sp³-hybridized carbons (Fsp3) is 0.231. The van der Waals surface area contributed by atoms with Crippen molar-refractivity contribution in [2.45, 2.75) is 18.3 Å². The Hall–Kier alpha value is -1.90. The first-order valence-electron chi connectivity index (χ1n) is 5.41. The van der Waals surface area contributed by atoms with Crippen molar-refractivity contribution in [3.8, 4) is 5.69 Å². The quantitative estimate of drug-likeness (QED) is 0.730. The molecule has 0 unspecified atom stereocenters. The fourth-order valence-electron chi connectivity index (χ4n) is 1.91. The molecule has 0 radical (unpaired) electrons. The van der Waals surface area contributed by atoms with Gasteiger partial charge in [0.15, 0.2) is 0 Å². The molecule has 3 heteroatoms. The molecule has 1 aliphatic rings. The smallest absolute Gasteiger partial charge is 0.130 e. The van der Waals surface area contributed by atoms with Gasteiger partial charge in [-0.25, -0.2) is 4.68 Å². The lowest BCUT2D eigenvalue weighted by Gasteiger charge is -2.02. The molecule has 3 nitrogen and oxygen atoms in total. The summed E-state index contributed by atoms with van der Waals surface area (Å²) in [6, 6.07) is 9.92. The number of nitrogens with zero attached hydrogens (tertiary/aromatic N) is 2. The van der Waals surface area contributed by atoms with Crippen LogP contribution < -0.4 is 0 Å². The molecule has 80 valence electrons. The first kappa shape index (κ1) is 9.33. The van der Waals surface area contributed by atoms with Crippen LogP contribution in [-0.2, 0) is 10.2 Å². The van der Waals surface area contributed by atoms with Crippen molar-refractivity contribution in [1.29, 1.82) is 0 Å². The summed E-state index contributed by atoms with van der Waals surface area (Å²) < 4.78 is 1.82. The molecule has 0 N–H and O–H groups in total. The van der Waals surface area contributed by atoms with Crippen LogP contribution in [0.2, 0.25) is 0 Å². The van der Waals surface area contributed by atoms with Crippen LogP contribution in [-0.4, -0.2) is 16.1 Å². The van der Waals surface area contributed by atoms with Gasteiger partial charge in [0.25, 0.3) is 0 Å². The zero-order valence-corrected chi connectivity index (χ0v) is 8.84. The Kier molecular flexibility index (Phi) is 1.93. The first-order valence-corrected chi connectivity index (χ1v) is 5.41. The number of carbonyl (C=O) groups is 1. The Balaban J connectivity index is 1.97. The van der Waals surface area contributed by atoms with Gasteiger partial charge < -0.3 is 4.79 Å². The van der Waals surface area contributed by atoms with Crippen LogP contribution in [0.1, 0.15) is 18.4 Å². The number of rotatable bonds is 3. The molecule has 1 heterocycles. The number of benzene rings is 1. The van der Waals surface area contributed by atoms with Crippen LogP contribution >= 0.6 is 0 Å². The number of aromatic nitrogens is 2. The molecule has 0 aliphatic heterocycles. The Morgan fingerprint density at radius 2 is 2.00 bits per heavy atom. The van der Waals surface area contributed by atoms with Gasteiger partial charge in [0.05, 0.1) is 17.3 Å². The van der Waals surface area contributed by atoms with Gasteiger partial charge in [0.2, 0.25) is 0 Å². The van der Waals surface area contributed by atoms with Gasteiger partial charge in [0.1, 0.15) is 6.29 Å². The molecular weight excluding hydrogens is 200 g/mol. The minimum Gasteiger partial charge on any atom is -0.302 e. The Morgan fingerprint density at radius 3 is 2.62 bits per heavy atom. The van der Waals surface area contributed by atoms with Crippen LogP contribution in [0.5, 0.6) is 0 Å². The van der Waals surface area contributed by atoms with Crippen molar-refractivity contribution >= 4 is 6.29 Å². The van der Waals surface area contributed by atoms with Gasteiger partial charge >= 0.3 is 0 Å². The molecule has 0 amide bonds. The van der Waals surface area contributed by atoms with Gasteiger partial charge in [-0.2, -0.15) is 5.10 Å². The van der Waals surface area contributed by atoms with Crippen LogP contribution in [0, 0.1) is 0 Å². The third-order valence-electron chi connectivity index (χ3n) is 3.19. The van der Waals surface area contributed by atoms with Crippen LogP contribution in [0.25, 0.3) is 5.69 Å². The van der Waals surface area contributed by atoms with E-state index in [2.05, 4.69) is 5.10 Å². The molecule has 1 aliphatic carbocycles. The number of hydrogen-bond acceptors (Lipinski definition) is 2. The highest BCUT2D eigenvalue weighted by molar-refractivity contribution is 5.72. The lowest BCUT2D eigenvalue weighted by Crippen LogP contribution is -2.06. The molecule has 0 atom stereocenters. The highest BCUT2D eigenvalue weighted by atomic mass is 16.1. The van der Waals surface area contributed by atoms with Crippen molar-refractivity contribution in [3.63, 3.8) is 0 Å². The summed E-state index contributed by atoms with van der Waals surface area (Å²) in [7, 11) is 0. The van der Waals surface area contributed by atoms with Crippen LogP contribution in [0.3, 0.4) is 0 Å². The van der Waals surface area contributed by atoms with Crippen LogP contribution in [0.4, 0.5) is 0 Å². The van der Waals surface area contributed by atoms with E-state index in [1.54, 1.807) is 6.20 Å². The van der Waals surface area contributed by atoms with Crippen LogP contribution in [0.15, 0.2) is 42.7 Å². The second kappa shape index (κ2) is 3.30. The number of aldehydes is 1. The maximum absolute atomic E-state index is 11.0. The first-order chi connectivity index (χ1) is 7.84.